The molecule has 0 heterocycles. The van der Waals surface area contributed by atoms with Gasteiger partial charge in [0.2, 0.25) is 5.91 Å². The van der Waals surface area contributed by atoms with E-state index in [0.717, 1.165) is 25.2 Å². The Labute approximate surface area is 220 Å². The van der Waals surface area contributed by atoms with Crippen LogP contribution in [0.1, 0.15) is 38.5 Å². The number of hydrogen-bond acceptors (Lipinski definition) is 2. The van der Waals surface area contributed by atoms with Crippen molar-refractivity contribution in [1.82, 2.24) is 10.2 Å². The van der Waals surface area contributed by atoms with Crippen LogP contribution in [0.2, 0.25) is 5.02 Å². The van der Waals surface area contributed by atoms with E-state index in [4.69, 9.17) is 11.6 Å². The molecule has 0 radical (unpaired) electrons. The van der Waals surface area contributed by atoms with Crippen molar-refractivity contribution in [3.63, 3.8) is 0 Å². The van der Waals surface area contributed by atoms with E-state index in [2.05, 4.69) is 0 Å². The molecule has 39 heavy (non-hydrogen) atoms. The molecule has 0 fully saturated rings. The van der Waals surface area contributed by atoms with Gasteiger partial charge in [-0.2, -0.15) is 39.5 Å². The average molecular weight is 593 g/mol. The number of aryl methyl sites for hydroxylation is 1. The molecule has 4 nitrogen and oxygen atoms in total. The van der Waals surface area contributed by atoms with Crippen LogP contribution in [0.5, 0.6) is 0 Å². The van der Waals surface area contributed by atoms with Gasteiger partial charge in [0.1, 0.15) is 18.3 Å². The summed E-state index contributed by atoms with van der Waals surface area (Å²) >= 11 is 5.81. The van der Waals surface area contributed by atoms with Crippen molar-refractivity contribution in [2.45, 2.75) is 31.4 Å². The maximum absolute atomic E-state index is 14.9. The van der Waals surface area contributed by atoms with Gasteiger partial charge in [0.05, 0.1) is 17.7 Å². The van der Waals surface area contributed by atoms with Gasteiger partial charge in [-0.25, -0.2) is 4.39 Å². The normalized spacial score (nSPS) is 13.7. The number of alkyl halides is 9. The monoisotopic (exact) mass is 592 g/mol. The van der Waals surface area contributed by atoms with Crippen molar-refractivity contribution in [2.24, 2.45) is 0 Å². The van der Waals surface area contributed by atoms with Gasteiger partial charge in [-0.1, -0.05) is 29.8 Å². The summed E-state index contributed by atoms with van der Waals surface area (Å²) in [7, 11) is 0.757. The van der Waals surface area contributed by atoms with Gasteiger partial charge in [-0.3, -0.25) is 9.59 Å². The molecule has 1 atom stereocenters. The van der Waals surface area contributed by atoms with Crippen LogP contribution in [-0.2, 0) is 11.0 Å². The number of carbonyl (C=O) groups excluding carboxylic acids is 2. The van der Waals surface area contributed by atoms with E-state index in [1.807, 2.05) is 0 Å². The van der Waals surface area contributed by atoms with Crippen LogP contribution < -0.4 is 5.32 Å². The van der Waals surface area contributed by atoms with E-state index >= 15 is 0 Å². The van der Waals surface area contributed by atoms with Crippen LogP contribution >= 0.6 is 11.6 Å². The van der Waals surface area contributed by atoms with E-state index in [9.17, 15) is 53.5 Å². The minimum absolute atomic E-state index is 0.0765. The Morgan fingerprint density at radius 3 is 2.13 bits per heavy atom. The van der Waals surface area contributed by atoms with Gasteiger partial charge >= 0.3 is 18.5 Å². The summed E-state index contributed by atoms with van der Waals surface area (Å²) in [6, 6.07) is 4.38. The second-order valence-electron chi connectivity index (χ2n) is 8.35. The lowest BCUT2D eigenvalue weighted by Gasteiger charge is -2.20. The number of allylic oxidation sites excluding steroid dienone is 1. The number of nitrogens with one attached hydrogen (secondary N) is 1. The Kier molecular flexibility index (Phi) is 9.69. The van der Waals surface area contributed by atoms with Crippen molar-refractivity contribution >= 4 is 29.2 Å². The maximum Gasteiger partial charge on any atom is 0.417 e. The number of halogens is 11. The third kappa shape index (κ3) is 8.87. The highest BCUT2D eigenvalue weighted by atomic mass is 35.5. The van der Waals surface area contributed by atoms with Gasteiger partial charge in [0.15, 0.2) is 0 Å². The van der Waals surface area contributed by atoms with E-state index in [-0.39, 0.29) is 27.6 Å². The molecule has 1 unspecified atom stereocenters. The second-order valence-corrected chi connectivity index (χ2v) is 8.76. The molecule has 15 heteroatoms. The average Bonchev–Trinajstić information content (AvgIpc) is 2.79. The molecule has 0 saturated carbocycles. The predicted octanol–water partition coefficient (Wildman–Crippen LogP) is 7.07. The molecule has 0 aliphatic heterocycles. The van der Waals surface area contributed by atoms with Crippen LogP contribution in [0.3, 0.4) is 0 Å². The molecular weight excluding hydrogens is 574 g/mol. The first kappa shape index (κ1) is 31.9. The summed E-state index contributed by atoms with van der Waals surface area (Å²) in [5.74, 6) is -7.02. The first-order valence-electron chi connectivity index (χ1n) is 10.7. The summed E-state index contributed by atoms with van der Waals surface area (Å²) in [5.41, 5.74) is -3.99. The van der Waals surface area contributed by atoms with Gasteiger partial charge < -0.3 is 10.2 Å². The molecule has 2 amide bonds. The second kappa shape index (κ2) is 11.8. The Bertz CT molecular complexity index is 1250. The molecule has 2 rings (SSSR count). The topological polar surface area (TPSA) is 49.4 Å². The standard InChI is InChI=1S/C24H19ClF10N2O2/c1-12-7-13(4-6-18(12)25)16(23(30,31)32)9-19(26)14-3-5-15(17(8-14)24(33,34)35)21(39)36-10-20(38)37(2)11-22(27,28)29/h3-9,16H,10-11H2,1-2H3,(H,36,39)/b19-9-. The number of rotatable bonds is 7. The number of amides is 2. The number of benzene rings is 2. The quantitative estimate of drug-likeness (QED) is 0.350. The predicted molar refractivity (Wildman–Crippen MR) is 122 cm³/mol. The Morgan fingerprint density at radius 2 is 1.62 bits per heavy atom. The molecule has 0 aliphatic rings. The van der Waals surface area contributed by atoms with Crippen LogP contribution in [-0.4, -0.2) is 49.2 Å². The van der Waals surface area contributed by atoms with Gasteiger partial charge in [-0.05, 0) is 42.3 Å². The van der Waals surface area contributed by atoms with E-state index in [1.54, 1.807) is 5.32 Å². The van der Waals surface area contributed by atoms with Crippen molar-refractivity contribution < 1.29 is 53.5 Å². The zero-order chi connectivity index (χ0) is 29.9. The van der Waals surface area contributed by atoms with Gasteiger partial charge in [0, 0.05) is 17.6 Å². The smallest absolute Gasteiger partial charge is 0.343 e. The minimum Gasteiger partial charge on any atom is -0.343 e. The summed E-state index contributed by atoms with van der Waals surface area (Å²) < 4.78 is 134. The summed E-state index contributed by atoms with van der Waals surface area (Å²) in [5, 5.41) is 1.88. The number of likely N-dealkylation sites (N-methyl/N-ethyl adjacent to an activating group) is 1. The van der Waals surface area contributed by atoms with Crippen LogP contribution in [0, 0.1) is 6.92 Å². The molecular formula is C24H19ClF10N2O2. The van der Waals surface area contributed by atoms with Crippen LogP contribution in [0.15, 0.2) is 42.5 Å². The third-order valence-electron chi connectivity index (χ3n) is 5.29. The molecule has 2 aromatic rings. The fourth-order valence-electron chi connectivity index (χ4n) is 3.35. The highest BCUT2D eigenvalue weighted by Gasteiger charge is 2.41. The first-order chi connectivity index (χ1) is 17.7. The molecule has 0 spiro atoms. The molecule has 1 N–H and O–H groups in total. The van der Waals surface area contributed by atoms with Gasteiger partial charge in [0.25, 0.3) is 5.91 Å². The fourth-order valence-corrected chi connectivity index (χ4v) is 3.47. The largest absolute Gasteiger partial charge is 0.417 e. The lowest BCUT2D eigenvalue weighted by Crippen LogP contribution is -2.42. The van der Waals surface area contributed by atoms with E-state index in [0.29, 0.717) is 12.1 Å². The Balaban J connectivity index is 2.39. The van der Waals surface area contributed by atoms with Crippen molar-refractivity contribution in [1.29, 1.82) is 0 Å². The van der Waals surface area contributed by atoms with E-state index in [1.165, 1.54) is 6.92 Å². The minimum atomic E-state index is -5.29. The highest BCUT2D eigenvalue weighted by molar-refractivity contribution is 6.31. The fraction of sp³-hybridized carbons (Fsp3) is 0.333. The molecule has 2 aromatic carbocycles. The summed E-state index contributed by atoms with van der Waals surface area (Å²) in [4.78, 5) is 24.2. The Hall–Kier alpha value is -3.29. The summed E-state index contributed by atoms with van der Waals surface area (Å²) in [6.45, 7) is -1.36. The van der Waals surface area contributed by atoms with Crippen LogP contribution in [0.25, 0.3) is 5.83 Å². The van der Waals surface area contributed by atoms with Gasteiger partial charge in [-0.15, -0.1) is 0 Å². The molecule has 214 valence electrons. The third-order valence-corrected chi connectivity index (χ3v) is 5.72. The molecule has 0 aliphatic carbocycles. The molecule has 0 aromatic heterocycles. The zero-order valence-electron chi connectivity index (χ0n) is 20.0. The number of nitrogens with zero attached hydrogens (tertiary/aromatic N) is 1. The number of hydrogen-bond donors (Lipinski definition) is 1. The molecule has 0 bridgehead atoms. The first-order valence-corrected chi connectivity index (χ1v) is 11.1. The lowest BCUT2D eigenvalue weighted by molar-refractivity contribution is -0.157. The van der Waals surface area contributed by atoms with E-state index < -0.39 is 77.4 Å². The Morgan fingerprint density at radius 1 is 1.00 bits per heavy atom. The van der Waals surface area contributed by atoms with Crippen LogP contribution in [0.4, 0.5) is 43.9 Å². The molecule has 0 saturated heterocycles. The highest BCUT2D eigenvalue weighted by Crippen LogP contribution is 2.40. The van der Waals surface area contributed by atoms with Crippen molar-refractivity contribution in [2.75, 3.05) is 20.1 Å². The summed E-state index contributed by atoms with van der Waals surface area (Å²) in [6.07, 6.45) is -15.0. The maximum atomic E-state index is 14.9. The van der Waals surface area contributed by atoms with Crippen molar-refractivity contribution in [3.05, 3.63) is 75.3 Å². The van der Waals surface area contributed by atoms with Crippen molar-refractivity contribution in [3.8, 4) is 0 Å². The lowest BCUT2D eigenvalue weighted by atomic mass is 9.94. The SMILES string of the molecule is Cc1cc(C(/C=C(\F)c2ccc(C(=O)NCC(=O)N(C)CC(F)(F)F)c(C(F)(F)F)c2)C(F)(F)F)ccc1Cl. The zero-order valence-corrected chi connectivity index (χ0v) is 20.7. The number of carbonyl (C=O) groups is 2.